The van der Waals surface area contributed by atoms with Crippen LogP contribution in [0.3, 0.4) is 0 Å². The van der Waals surface area contributed by atoms with Crippen molar-refractivity contribution in [1.29, 1.82) is 0 Å². The van der Waals surface area contributed by atoms with E-state index in [1.807, 2.05) is 0 Å². The fourth-order valence-corrected chi connectivity index (χ4v) is 4.63. The first-order chi connectivity index (χ1) is 15.8. The average molecular weight is 450 g/mol. The van der Waals surface area contributed by atoms with Gasteiger partial charge in [0.2, 0.25) is 0 Å². The number of allylic oxidation sites excluding steroid dienone is 1. The lowest BCUT2D eigenvalue weighted by Crippen LogP contribution is -2.27. The molecule has 0 bridgehead atoms. The maximum Gasteiger partial charge on any atom is 0.00159 e. The van der Waals surface area contributed by atoms with Crippen molar-refractivity contribution in [1.82, 2.24) is 4.90 Å². The largest absolute Gasteiger partial charge is 0.303 e. The third kappa shape index (κ3) is 26.0. The number of hydrogen-bond acceptors (Lipinski definition) is 1. The molecular weight excluding hydrogens is 386 g/mol. The van der Waals surface area contributed by atoms with E-state index in [-0.39, 0.29) is 0 Å². The summed E-state index contributed by atoms with van der Waals surface area (Å²) in [5.74, 6) is 0. The summed E-state index contributed by atoms with van der Waals surface area (Å²) in [5.41, 5.74) is 0. The molecule has 0 rings (SSSR count). The van der Waals surface area contributed by atoms with Gasteiger partial charge in [-0.1, -0.05) is 148 Å². The summed E-state index contributed by atoms with van der Waals surface area (Å²) in [5, 5.41) is 0. The van der Waals surface area contributed by atoms with E-state index in [0.717, 1.165) is 0 Å². The van der Waals surface area contributed by atoms with E-state index in [1.165, 1.54) is 167 Å². The Kier molecular flexibility index (Phi) is 28.5. The second-order valence-corrected chi connectivity index (χ2v) is 10.3. The second-order valence-electron chi connectivity index (χ2n) is 10.3. The maximum absolute atomic E-state index is 2.77. The van der Waals surface area contributed by atoms with Crippen LogP contribution in [0.5, 0.6) is 0 Å². The first-order valence-corrected chi connectivity index (χ1v) is 15.2. The van der Waals surface area contributed by atoms with Gasteiger partial charge in [-0.3, -0.25) is 0 Å². The zero-order valence-electron chi connectivity index (χ0n) is 23.0. The lowest BCUT2D eigenvalue weighted by Gasteiger charge is -2.21. The molecule has 32 heavy (non-hydrogen) atoms. The van der Waals surface area contributed by atoms with Gasteiger partial charge >= 0.3 is 0 Å². The summed E-state index contributed by atoms with van der Waals surface area (Å²) >= 11 is 0. The zero-order chi connectivity index (χ0) is 23.4. The second kappa shape index (κ2) is 28.7. The molecule has 0 unspecified atom stereocenters. The third-order valence-electron chi connectivity index (χ3n) is 6.91. The molecule has 0 aliphatic carbocycles. The van der Waals surface area contributed by atoms with Crippen LogP contribution in [0.2, 0.25) is 0 Å². The fraction of sp³-hybridized carbons (Fsp3) is 0.935. The minimum Gasteiger partial charge on any atom is -0.303 e. The summed E-state index contributed by atoms with van der Waals surface area (Å²) in [6.45, 7) is 10.9. The molecule has 0 radical (unpaired) electrons. The van der Waals surface area contributed by atoms with Crippen molar-refractivity contribution in [3.05, 3.63) is 12.2 Å². The SMILES string of the molecule is CCCCCCCCC/C=C\CCN(CCCCCCCCC)CCCCCCCCC. The van der Waals surface area contributed by atoms with Crippen molar-refractivity contribution in [3.8, 4) is 0 Å². The van der Waals surface area contributed by atoms with Crippen LogP contribution in [-0.4, -0.2) is 24.5 Å². The van der Waals surface area contributed by atoms with Gasteiger partial charge in [-0.05, 0) is 45.2 Å². The molecule has 0 amide bonds. The van der Waals surface area contributed by atoms with Crippen molar-refractivity contribution in [3.63, 3.8) is 0 Å². The van der Waals surface area contributed by atoms with Gasteiger partial charge in [0.05, 0.1) is 0 Å². The smallest absolute Gasteiger partial charge is 0.00159 e. The van der Waals surface area contributed by atoms with Crippen LogP contribution < -0.4 is 0 Å². The van der Waals surface area contributed by atoms with Crippen LogP contribution in [0.1, 0.15) is 168 Å². The molecular formula is C31H63N. The molecule has 0 saturated heterocycles. The minimum absolute atomic E-state index is 1.25. The van der Waals surface area contributed by atoms with Gasteiger partial charge < -0.3 is 4.90 Å². The Morgan fingerprint density at radius 2 is 0.688 bits per heavy atom. The Balaban J connectivity index is 3.88. The normalized spacial score (nSPS) is 11.9. The van der Waals surface area contributed by atoms with Crippen LogP contribution in [0, 0.1) is 0 Å². The topological polar surface area (TPSA) is 3.24 Å². The molecule has 0 aliphatic heterocycles. The molecule has 0 atom stereocenters. The van der Waals surface area contributed by atoms with E-state index in [9.17, 15) is 0 Å². The van der Waals surface area contributed by atoms with Crippen LogP contribution in [-0.2, 0) is 0 Å². The molecule has 0 fully saturated rings. The van der Waals surface area contributed by atoms with Crippen LogP contribution in [0.4, 0.5) is 0 Å². The molecule has 0 aromatic rings. The van der Waals surface area contributed by atoms with Gasteiger partial charge in [0.15, 0.2) is 0 Å². The monoisotopic (exact) mass is 449 g/mol. The highest BCUT2D eigenvalue weighted by atomic mass is 15.1. The Labute approximate surface area is 205 Å². The highest BCUT2D eigenvalue weighted by Gasteiger charge is 2.04. The standard InChI is InChI=1S/C31H63N/c1-4-7-10-13-16-17-18-19-22-25-28-31-32(29-26-23-20-14-11-8-5-2)30-27-24-21-15-12-9-6-3/h22,25H,4-21,23-24,26-31H2,1-3H3/b25-22-. The van der Waals surface area contributed by atoms with Crippen molar-refractivity contribution < 1.29 is 0 Å². The number of hydrogen-bond donors (Lipinski definition) is 0. The lowest BCUT2D eigenvalue weighted by molar-refractivity contribution is 0.264. The van der Waals surface area contributed by atoms with Gasteiger partial charge in [-0.15, -0.1) is 0 Å². The molecule has 0 spiro atoms. The Morgan fingerprint density at radius 3 is 1.12 bits per heavy atom. The highest BCUT2D eigenvalue weighted by Crippen LogP contribution is 2.11. The fourth-order valence-electron chi connectivity index (χ4n) is 4.63. The molecule has 192 valence electrons. The van der Waals surface area contributed by atoms with Crippen LogP contribution >= 0.6 is 0 Å². The van der Waals surface area contributed by atoms with Crippen molar-refractivity contribution >= 4 is 0 Å². The van der Waals surface area contributed by atoms with Gasteiger partial charge in [0.1, 0.15) is 0 Å². The van der Waals surface area contributed by atoms with Gasteiger partial charge in [0.25, 0.3) is 0 Å². The van der Waals surface area contributed by atoms with Crippen LogP contribution in [0.15, 0.2) is 12.2 Å². The molecule has 1 nitrogen and oxygen atoms in total. The molecule has 1 heteroatoms. The summed E-state index contributed by atoms with van der Waals surface area (Å²) in [6, 6.07) is 0. The van der Waals surface area contributed by atoms with Crippen LogP contribution in [0.25, 0.3) is 0 Å². The van der Waals surface area contributed by atoms with E-state index in [4.69, 9.17) is 0 Å². The van der Waals surface area contributed by atoms with Crippen molar-refractivity contribution in [2.24, 2.45) is 0 Å². The molecule has 0 aromatic heterocycles. The molecule has 0 saturated carbocycles. The van der Waals surface area contributed by atoms with Gasteiger partial charge in [0, 0.05) is 6.54 Å². The lowest BCUT2D eigenvalue weighted by atomic mass is 10.1. The van der Waals surface area contributed by atoms with Crippen molar-refractivity contribution in [2.75, 3.05) is 19.6 Å². The number of rotatable bonds is 27. The number of unbranched alkanes of at least 4 members (excludes halogenated alkanes) is 19. The first-order valence-electron chi connectivity index (χ1n) is 15.2. The minimum atomic E-state index is 1.25. The molecule has 0 heterocycles. The first kappa shape index (κ1) is 31.7. The van der Waals surface area contributed by atoms with E-state index in [1.54, 1.807) is 0 Å². The summed E-state index contributed by atoms with van der Waals surface area (Å²) < 4.78 is 0. The van der Waals surface area contributed by atoms with E-state index >= 15 is 0 Å². The predicted octanol–water partition coefficient (Wildman–Crippen LogP) is 10.9. The average Bonchev–Trinajstić information content (AvgIpc) is 2.80. The quantitative estimate of drug-likeness (QED) is 0.0889. The van der Waals surface area contributed by atoms with Gasteiger partial charge in [-0.2, -0.15) is 0 Å². The summed E-state index contributed by atoms with van der Waals surface area (Å²) in [7, 11) is 0. The Morgan fingerprint density at radius 1 is 0.344 bits per heavy atom. The molecule has 0 N–H and O–H groups in total. The number of nitrogens with zero attached hydrogens (tertiary/aromatic N) is 1. The van der Waals surface area contributed by atoms with E-state index < -0.39 is 0 Å². The van der Waals surface area contributed by atoms with E-state index in [0.29, 0.717) is 0 Å². The van der Waals surface area contributed by atoms with Gasteiger partial charge in [-0.25, -0.2) is 0 Å². The zero-order valence-corrected chi connectivity index (χ0v) is 23.0. The van der Waals surface area contributed by atoms with E-state index in [2.05, 4.69) is 37.8 Å². The Bertz CT molecular complexity index is 330. The Hall–Kier alpha value is -0.300. The molecule has 0 aromatic carbocycles. The molecule has 0 aliphatic rings. The van der Waals surface area contributed by atoms with Crippen molar-refractivity contribution in [2.45, 2.75) is 168 Å². The maximum atomic E-state index is 2.77. The summed E-state index contributed by atoms with van der Waals surface area (Å²) in [4.78, 5) is 2.77. The third-order valence-corrected chi connectivity index (χ3v) is 6.91. The summed E-state index contributed by atoms with van der Waals surface area (Å²) in [6.07, 6.45) is 37.4. The predicted molar refractivity (Wildman–Crippen MR) is 149 cm³/mol. The highest BCUT2D eigenvalue weighted by molar-refractivity contribution is 4.82.